The molecule has 0 radical (unpaired) electrons. The summed E-state index contributed by atoms with van der Waals surface area (Å²) in [6.45, 7) is 17.3. The molecule has 0 aliphatic carbocycles. The first-order valence-corrected chi connectivity index (χ1v) is 11.6. The Morgan fingerprint density at radius 3 is 1.19 bits per heavy atom. The molecule has 180 valence electrons. The summed E-state index contributed by atoms with van der Waals surface area (Å²) < 4.78 is 5.58. The second-order valence-corrected chi connectivity index (χ2v) is 12.4. The summed E-state index contributed by atoms with van der Waals surface area (Å²) in [6, 6.07) is 0.305. The normalized spacial score (nSPS) is 25.1. The van der Waals surface area contributed by atoms with Gasteiger partial charge in [-0.05, 0) is 81.1 Å². The molecule has 2 rings (SSSR count). The first-order valence-electron chi connectivity index (χ1n) is 11.6. The van der Waals surface area contributed by atoms with Gasteiger partial charge in [0.25, 0.3) is 0 Å². The van der Waals surface area contributed by atoms with Crippen molar-refractivity contribution >= 4 is 11.8 Å². The van der Waals surface area contributed by atoms with Crippen molar-refractivity contribution in [2.45, 2.75) is 115 Å². The molecule has 0 atom stereocenters. The molecular formula is C24H46N4O3. The Bertz CT molecular complexity index is 584. The van der Waals surface area contributed by atoms with Crippen LogP contribution in [0.5, 0.6) is 0 Å². The molecule has 0 spiro atoms. The Kier molecular flexibility index (Phi) is 7.56. The lowest BCUT2D eigenvalue weighted by Gasteiger charge is -2.49. The third-order valence-electron chi connectivity index (χ3n) is 6.67. The fraction of sp³-hybridized carbons (Fsp3) is 0.917. The minimum absolute atomic E-state index is 0.0309. The van der Waals surface area contributed by atoms with E-state index in [-0.39, 0.29) is 59.3 Å². The zero-order valence-corrected chi connectivity index (χ0v) is 21.5. The number of rotatable bonds is 6. The average molecular weight is 439 g/mol. The monoisotopic (exact) mass is 438 g/mol. The minimum Gasteiger partial charge on any atom is -0.362 e. The molecule has 31 heavy (non-hydrogen) atoms. The molecule has 0 aromatic carbocycles. The molecule has 2 aliphatic rings. The molecule has 0 bridgehead atoms. The highest BCUT2D eigenvalue weighted by molar-refractivity contribution is 5.80. The van der Waals surface area contributed by atoms with Crippen LogP contribution in [-0.4, -0.2) is 83.2 Å². The lowest BCUT2D eigenvalue weighted by atomic mass is 9.79. The molecule has 7 heteroatoms. The van der Waals surface area contributed by atoms with Gasteiger partial charge in [0.1, 0.15) is 13.2 Å². The summed E-state index contributed by atoms with van der Waals surface area (Å²) in [5.41, 5.74) is -0.123. The highest BCUT2D eigenvalue weighted by Crippen LogP contribution is 2.32. The highest BCUT2D eigenvalue weighted by Gasteiger charge is 2.41. The number of hydrogen-bond donors (Lipinski definition) is 2. The second kappa shape index (κ2) is 8.99. The van der Waals surface area contributed by atoms with Crippen LogP contribution in [0.4, 0.5) is 0 Å². The minimum atomic E-state index is -0.0712. The number of hydrogen-bond acceptors (Lipinski definition) is 5. The van der Waals surface area contributed by atoms with E-state index in [0.717, 1.165) is 25.7 Å². The quantitative estimate of drug-likeness (QED) is 0.667. The van der Waals surface area contributed by atoms with Crippen LogP contribution in [0.1, 0.15) is 81.1 Å². The van der Waals surface area contributed by atoms with Crippen LogP contribution in [0.15, 0.2) is 0 Å². The third-order valence-corrected chi connectivity index (χ3v) is 6.67. The van der Waals surface area contributed by atoms with E-state index < -0.39 is 0 Å². The lowest BCUT2D eigenvalue weighted by molar-refractivity contribution is -0.144. The standard InChI is InChI=1S/C24H46N4O3/c1-21(2)11-17(12-22(3,4)25-21)27(9)19(29)15-31-16-20(30)28(10)18-13-23(5,6)26-24(7,8)14-18/h17-18,25-26H,11-16H2,1-10H3. The fourth-order valence-electron chi connectivity index (χ4n) is 5.92. The van der Waals surface area contributed by atoms with Crippen LogP contribution >= 0.6 is 0 Å². The number of piperidine rings is 2. The molecule has 0 aromatic heterocycles. The van der Waals surface area contributed by atoms with Crippen molar-refractivity contribution in [2.75, 3.05) is 27.3 Å². The summed E-state index contributed by atoms with van der Waals surface area (Å²) in [4.78, 5) is 29.1. The predicted octanol–water partition coefficient (Wildman–Crippen LogP) is 2.54. The Labute approximate surface area is 189 Å². The predicted molar refractivity (Wildman–Crippen MR) is 125 cm³/mol. The zero-order valence-electron chi connectivity index (χ0n) is 21.5. The summed E-state index contributed by atoms with van der Waals surface area (Å²) in [7, 11) is 3.70. The van der Waals surface area contributed by atoms with Gasteiger partial charge in [0.2, 0.25) is 11.8 Å². The van der Waals surface area contributed by atoms with E-state index in [2.05, 4.69) is 66.0 Å². The summed E-state index contributed by atoms with van der Waals surface area (Å²) in [5, 5.41) is 7.29. The van der Waals surface area contributed by atoms with Crippen molar-refractivity contribution in [3.05, 3.63) is 0 Å². The smallest absolute Gasteiger partial charge is 0.248 e. The average Bonchev–Trinajstić information content (AvgIpc) is 2.54. The van der Waals surface area contributed by atoms with Crippen LogP contribution in [0.25, 0.3) is 0 Å². The maximum absolute atomic E-state index is 12.7. The first-order chi connectivity index (χ1) is 13.9. The van der Waals surface area contributed by atoms with Crippen molar-refractivity contribution in [1.82, 2.24) is 20.4 Å². The van der Waals surface area contributed by atoms with E-state index in [1.165, 1.54) is 0 Å². The van der Waals surface area contributed by atoms with E-state index >= 15 is 0 Å². The van der Waals surface area contributed by atoms with Crippen molar-refractivity contribution in [1.29, 1.82) is 0 Å². The van der Waals surface area contributed by atoms with Gasteiger partial charge in [0, 0.05) is 48.3 Å². The van der Waals surface area contributed by atoms with Crippen LogP contribution in [0.3, 0.4) is 0 Å². The molecule has 2 N–H and O–H groups in total. The number of amides is 2. The van der Waals surface area contributed by atoms with Crippen molar-refractivity contribution in [3.8, 4) is 0 Å². The molecule has 2 fully saturated rings. The van der Waals surface area contributed by atoms with Crippen LogP contribution in [-0.2, 0) is 14.3 Å². The van der Waals surface area contributed by atoms with Gasteiger partial charge in [-0.3, -0.25) is 9.59 Å². The molecule has 7 nitrogen and oxygen atoms in total. The Hall–Kier alpha value is -1.18. The molecule has 2 amide bonds. The highest BCUT2D eigenvalue weighted by atomic mass is 16.5. The van der Waals surface area contributed by atoms with Gasteiger partial charge in [-0.2, -0.15) is 0 Å². The number of ether oxygens (including phenoxy) is 1. The van der Waals surface area contributed by atoms with E-state index in [4.69, 9.17) is 4.74 Å². The van der Waals surface area contributed by atoms with E-state index in [0.29, 0.717) is 0 Å². The van der Waals surface area contributed by atoms with Crippen molar-refractivity contribution < 1.29 is 14.3 Å². The number of likely N-dealkylation sites (N-methyl/N-ethyl adjacent to an activating group) is 2. The number of nitrogens with zero attached hydrogens (tertiary/aromatic N) is 2. The topological polar surface area (TPSA) is 73.9 Å². The largest absolute Gasteiger partial charge is 0.362 e. The fourth-order valence-corrected chi connectivity index (χ4v) is 5.92. The molecule has 0 unspecified atom stereocenters. The van der Waals surface area contributed by atoms with E-state index in [1.807, 2.05) is 14.1 Å². The van der Waals surface area contributed by atoms with Gasteiger partial charge in [-0.15, -0.1) is 0 Å². The maximum atomic E-state index is 12.7. The van der Waals surface area contributed by atoms with E-state index in [1.54, 1.807) is 9.80 Å². The van der Waals surface area contributed by atoms with E-state index in [9.17, 15) is 9.59 Å². The van der Waals surface area contributed by atoms with Gasteiger partial charge in [-0.25, -0.2) is 0 Å². The van der Waals surface area contributed by atoms with Gasteiger partial charge in [-0.1, -0.05) is 0 Å². The third kappa shape index (κ3) is 7.43. The summed E-state index contributed by atoms with van der Waals surface area (Å²) in [6.07, 6.45) is 3.56. The van der Waals surface area contributed by atoms with Gasteiger partial charge in [0.15, 0.2) is 0 Å². The summed E-state index contributed by atoms with van der Waals surface area (Å²) in [5.74, 6) is -0.142. The maximum Gasteiger partial charge on any atom is 0.248 e. The van der Waals surface area contributed by atoms with Crippen molar-refractivity contribution in [3.63, 3.8) is 0 Å². The number of nitrogens with one attached hydrogen (secondary N) is 2. The molecule has 0 aromatic rings. The molecular weight excluding hydrogens is 392 g/mol. The van der Waals surface area contributed by atoms with Crippen LogP contribution < -0.4 is 10.6 Å². The molecule has 0 saturated carbocycles. The first kappa shape index (κ1) is 26.1. The Morgan fingerprint density at radius 2 is 0.935 bits per heavy atom. The number of carbonyl (C=O) groups is 2. The number of carbonyl (C=O) groups excluding carboxylic acids is 2. The van der Waals surface area contributed by atoms with Crippen LogP contribution in [0, 0.1) is 0 Å². The Balaban J connectivity index is 1.85. The zero-order chi connectivity index (χ0) is 23.8. The van der Waals surface area contributed by atoms with Crippen molar-refractivity contribution in [2.24, 2.45) is 0 Å². The lowest BCUT2D eigenvalue weighted by Crippen LogP contribution is -2.62. The molecule has 2 aliphatic heterocycles. The van der Waals surface area contributed by atoms with Gasteiger partial charge in [0.05, 0.1) is 0 Å². The molecule has 2 saturated heterocycles. The van der Waals surface area contributed by atoms with Gasteiger partial charge >= 0.3 is 0 Å². The van der Waals surface area contributed by atoms with Gasteiger partial charge < -0.3 is 25.2 Å². The summed E-state index contributed by atoms with van der Waals surface area (Å²) >= 11 is 0. The van der Waals surface area contributed by atoms with Crippen LogP contribution in [0.2, 0.25) is 0 Å². The second-order valence-electron chi connectivity index (χ2n) is 12.4. The Morgan fingerprint density at radius 1 is 0.677 bits per heavy atom. The molecule has 2 heterocycles. The SMILES string of the molecule is CN(C(=O)COCC(=O)N(C)C1CC(C)(C)NC(C)(C)C1)C1CC(C)(C)NC(C)(C)C1.